The Morgan fingerprint density at radius 1 is 0.977 bits per heavy atom. The second-order valence-electron chi connectivity index (χ2n) is 10.6. The number of hydrogen-bond donors (Lipinski definition) is 1. The summed E-state index contributed by atoms with van der Waals surface area (Å²) in [5, 5.41) is 14.6. The lowest BCUT2D eigenvalue weighted by molar-refractivity contribution is -0.385. The van der Waals surface area contributed by atoms with Crippen molar-refractivity contribution in [3.63, 3.8) is 0 Å². The number of aryl methyl sites for hydroxylation is 2. The number of sulfonamides is 1. The highest BCUT2D eigenvalue weighted by atomic mass is 32.2. The maximum atomic E-state index is 14.2. The van der Waals surface area contributed by atoms with E-state index >= 15 is 0 Å². The van der Waals surface area contributed by atoms with Gasteiger partial charge >= 0.3 is 0 Å². The molecule has 0 saturated carbocycles. The molecule has 0 bridgehead atoms. The lowest BCUT2D eigenvalue weighted by Crippen LogP contribution is -2.53. The smallest absolute Gasteiger partial charge is 0.273 e. The van der Waals surface area contributed by atoms with Crippen LogP contribution in [0.1, 0.15) is 50.3 Å². The van der Waals surface area contributed by atoms with Crippen molar-refractivity contribution < 1.29 is 27.7 Å². The van der Waals surface area contributed by atoms with Gasteiger partial charge in [-0.2, -0.15) is 0 Å². The summed E-state index contributed by atoms with van der Waals surface area (Å²) in [5.74, 6) is -0.477. The van der Waals surface area contributed by atoms with Crippen LogP contribution in [0, 0.1) is 24.0 Å². The standard InChI is InChI=1S/C32H40N4O7S/c1-7-24(5)33-32(38)29(8-2)34(20-25-12-10-9-11-22(25)3)31(37)21-35(26-14-16-27(43-6)17-15-26)44(41,42)28-18-13-23(4)30(19-28)36(39)40/h9-19,24,29H,7-8,20-21H2,1-6H3,(H,33,38)/t24-,29-/m1/s1. The van der Waals surface area contributed by atoms with Crippen LogP contribution < -0.4 is 14.4 Å². The van der Waals surface area contributed by atoms with Gasteiger partial charge in [0, 0.05) is 24.2 Å². The average Bonchev–Trinajstić information content (AvgIpc) is 3.00. The number of nitro groups is 1. The predicted octanol–water partition coefficient (Wildman–Crippen LogP) is 5.14. The SMILES string of the molecule is CC[C@@H](C)NC(=O)[C@@H](CC)N(Cc1ccccc1C)C(=O)CN(c1ccc(OC)cc1)S(=O)(=O)c1ccc(C)c([N+](=O)[O-])c1. The second kappa shape index (κ2) is 14.8. The van der Waals surface area contributed by atoms with Gasteiger partial charge in [0.25, 0.3) is 15.7 Å². The number of nitrogens with zero attached hydrogens (tertiary/aromatic N) is 3. The number of benzene rings is 3. The highest BCUT2D eigenvalue weighted by molar-refractivity contribution is 7.92. The molecular weight excluding hydrogens is 584 g/mol. The van der Waals surface area contributed by atoms with Crippen molar-refractivity contribution in [1.29, 1.82) is 0 Å². The van der Waals surface area contributed by atoms with E-state index in [2.05, 4.69) is 5.32 Å². The molecule has 0 aromatic heterocycles. The highest BCUT2D eigenvalue weighted by Gasteiger charge is 2.35. The normalized spacial score (nSPS) is 12.6. The first-order chi connectivity index (χ1) is 20.8. The van der Waals surface area contributed by atoms with Crippen LogP contribution in [0.5, 0.6) is 5.75 Å². The van der Waals surface area contributed by atoms with Gasteiger partial charge in [-0.05, 0) is 75.1 Å². The monoisotopic (exact) mass is 624 g/mol. The molecule has 0 aliphatic carbocycles. The summed E-state index contributed by atoms with van der Waals surface area (Å²) in [7, 11) is -3.02. The maximum Gasteiger partial charge on any atom is 0.273 e. The lowest BCUT2D eigenvalue weighted by Gasteiger charge is -2.34. The first-order valence-electron chi connectivity index (χ1n) is 14.4. The Labute approximate surface area is 259 Å². The van der Waals surface area contributed by atoms with Gasteiger partial charge in [-0.1, -0.05) is 44.2 Å². The molecule has 2 amide bonds. The molecule has 0 heterocycles. The molecule has 2 atom stereocenters. The molecule has 0 spiro atoms. The van der Waals surface area contributed by atoms with Crippen LogP contribution in [0.3, 0.4) is 0 Å². The number of anilines is 1. The van der Waals surface area contributed by atoms with E-state index in [4.69, 9.17) is 4.74 Å². The van der Waals surface area contributed by atoms with Crippen LogP contribution in [-0.2, 0) is 26.2 Å². The third-order valence-electron chi connectivity index (χ3n) is 7.59. The fourth-order valence-electron chi connectivity index (χ4n) is 4.68. The Kier molecular flexibility index (Phi) is 11.5. The number of rotatable bonds is 14. The topological polar surface area (TPSA) is 139 Å². The molecule has 12 heteroatoms. The predicted molar refractivity (Wildman–Crippen MR) is 169 cm³/mol. The maximum absolute atomic E-state index is 14.2. The third-order valence-corrected chi connectivity index (χ3v) is 9.36. The Hall–Kier alpha value is -4.45. The van der Waals surface area contributed by atoms with Gasteiger partial charge < -0.3 is 15.0 Å². The molecule has 1 N–H and O–H groups in total. The minimum atomic E-state index is -4.49. The quantitative estimate of drug-likeness (QED) is 0.194. The van der Waals surface area contributed by atoms with Crippen LogP contribution in [0.25, 0.3) is 0 Å². The minimum Gasteiger partial charge on any atom is -0.497 e. The Balaban J connectivity index is 2.13. The van der Waals surface area contributed by atoms with Gasteiger partial charge in [-0.3, -0.25) is 24.0 Å². The molecule has 0 fully saturated rings. The number of hydrogen-bond acceptors (Lipinski definition) is 7. The summed E-state index contributed by atoms with van der Waals surface area (Å²) in [6.07, 6.45) is 0.986. The van der Waals surface area contributed by atoms with Gasteiger partial charge in [0.15, 0.2) is 0 Å². The van der Waals surface area contributed by atoms with E-state index in [0.29, 0.717) is 24.2 Å². The van der Waals surface area contributed by atoms with E-state index in [1.165, 1.54) is 43.2 Å². The van der Waals surface area contributed by atoms with Gasteiger partial charge in [-0.15, -0.1) is 0 Å². The van der Waals surface area contributed by atoms with Crippen LogP contribution in [0.2, 0.25) is 0 Å². The number of nitro benzene ring substituents is 1. The summed E-state index contributed by atoms with van der Waals surface area (Å²) in [6.45, 7) is 8.43. The zero-order chi connectivity index (χ0) is 32.6. The molecule has 0 unspecified atom stereocenters. The van der Waals surface area contributed by atoms with E-state index in [0.717, 1.165) is 21.5 Å². The Morgan fingerprint density at radius 3 is 2.20 bits per heavy atom. The number of methoxy groups -OCH3 is 1. The Bertz CT molecular complexity index is 1590. The van der Waals surface area contributed by atoms with Crippen molar-refractivity contribution in [3.05, 3.63) is 93.5 Å². The van der Waals surface area contributed by atoms with Gasteiger partial charge in [-0.25, -0.2) is 8.42 Å². The van der Waals surface area contributed by atoms with Crippen molar-refractivity contribution in [3.8, 4) is 5.75 Å². The summed E-state index contributed by atoms with van der Waals surface area (Å²) in [4.78, 5) is 39.7. The molecular formula is C32H40N4O7S. The van der Waals surface area contributed by atoms with Crippen LogP contribution >= 0.6 is 0 Å². The molecule has 3 aromatic carbocycles. The molecule has 0 aliphatic rings. The summed E-state index contributed by atoms with van der Waals surface area (Å²) in [5.41, 5.74) is 1.80. The van der Waals surface area contributed by atoms with Gasteiger partial charge in [0.05, 0.1) is 22.6 Å². The van der Waals surface area contributed by atoms with Crippen LogP contribution in [0.15, 0.2) is 71.6 Å². The number of carbonyl (C=O) groups is 2. The van der Waals surface area contributed by atoms with Crippen LogP contribution in [-0.4, -0.2) is 55.8 Å². The average molecular weight is 625 g/mol. The summed E-state index contributed by atoms with van der Waals surface area (Å²) >= 11 is 0. The van der Waals surface area contributed by atoms with Crippen molar-refractivity contribution in [2.24, 2.45) is 0 Å². The molecule has 44 heavy (non-hydrogen) atoms. The third kappa shape index (κ3) is 7.93. The number of nitrogens with one attached hydrogen (secondary N) is 1. The Morgan fingerprint density at radius 2 is 1.64 bits per heavy atom. The molecule has 3 rings (SSSR count). The van der Waals surface area contributed by atoms with Gasteiger partial charge in [0.2, 0.25) is 11.8 Å². The largest absolute Gasteiger partial charge is 0.497 e. The van der Waals surface area contributed by atoms with E-state index in [9.17, 15) is 28.1 Å². The molecule has 11 nitrogen and oxygen atoms in total. The zero-order valence-corrected chi connectivity index (χ0v) is 26.8. The number of ether oxygens (including phenoxy) is 1. The fourth-order valence-corrected chi connectivity index (χ4v) is 6.12. The molecule has 0 aliphatic heterocycles. The van der Waals surface area contributed by atoms with E-state index < -0.39 is 33.4 Å². The van der Waals surface area contributed by atoms with E-state index in [1.807, 2.05) is 45.0 Å². The minimum absolute atomic E-state index is 0.0739. The van der Waals surface area contributed by atoms with Crippen molar-refractivity contribution in [2.45, 2.75) is 71.0 Å². The summed E-state index contributed by atoms with van der Waals surface area (Å²) < 4.78 is 34.4. The van der Waals surface area contributed by atoms with E-state index in [-0.39, 0.29) is 34.8 Å². The molecule has 0 saturated heterocycles. The lowest BCUT2D eigenvalue weighted by atomic mass is 10.1. The molecule has 0 radical (unpaired) electrons. The fraction of sp³-hybridized carbons (Fsp3) is 0.375. The van der Waals surface area contributed by atoms with Crippen LogP contribution in [0.4, 0.5) is 11.4 Å². The zero-order valence-electron chi connectivity index (χ0n) is 25.9. The van der Waals surface area contributed by atoms with Crippen molar-refractivity contribution in [2.75, 3.05) is 18.0 Å². The number of amides is 2. The summed E-state index contributed by atoms with van der Waals surface area (Å²) in [6, 6.07) is 16.2. The van der Waals surface area contributed by atoms with E-state index in [1.54, 1.807) is 19.1 Å². The molecule has 236 valence electrons. The second-order valence-corrected chi connectivity index (χ2v) is 12.5. The number of carbonyl (C=O) groups excluding carboxylic acids is 2. The molecule has 3 aromatic rings. The van der Waals surface area contributed by atoms with Gasteiger partial charge in [0.1, 0.15) is 18.3 Å². The van der Waals surface area contributed by atoms with Crippen molar-refractivity contribution >= 4 is 33.2 Å². The first kappa shape index (κ1) is 34.0. The van der Waals surface area contributed by atoms with Crippen molar-refractivity contribution in [1.82, 2.24) is 10.2 Å². The highest BCUT2D eigenvalue weighted by Crippen LogP contribution is 2.29. The first-order valence-corrected chi connectivity index (χ1v) is 15.8.